The number of methoxy groups -OCH3 is 1. The van der Waals surface area contributed by atoms with Crippen LogP contribution >= 0.6 is 0 Å². The number of benzene rings is 3. The summed E-state index contributed by atoms with van der Waals surface area (Å²) in [5.74, 6) is 1.06. The summed E-state index contributed by atoms with van der Waals surface area (Å²) in [6, 6.07) is 20.6. The molecule has 0 aromatic heterocycles. The van der Waals surface area contributed by atoms with Gasteiger partial charge >= 0.3 is 0 Å². The fourth-order valence-electron chi connectivity index (χ4n) is 2.68. The van der Waals surface area contributed by atoms with E-state index < -0.39 is 0 Å². The molecule has 0 spiro atoms. The van der Waals surface area contributed by atoms with Crippen LogP contribution in [0.1, 0.15) is 22.3 Å². The molecule has 0 unspecified atom stereocenters. The third-order valence-corrected chi connectivity index (χ3v) is 4.01. The van der Waals surface area contributed by atoms with Gasteiger partial charge in [0.1, 0.15) is 17.2 Å². The second kappa shape index (κ2) is 7.58. The zero-order valence-electron chi connectivity index (χ0n) is 14.0. The molecular formula is C22H20O3. The number of rotatable bonds is 5. The van der Waals surface area contributed by atoms with Crippen LogP contribution in [0.3, 0.4) is 0 Å². The summed E-state index contributed by atoms with van der Waals surface area (Å²) in [5.41, 5.74) is 3.67. The first-order chi connectivity index (χ1) is 12.2. The van der Waals surface area contributed by atoms with E-state index in [4.69, 9.17) is 4.74 Å². The van der Waals surface area contributed by atoms with Gasteiger partial charge in [-0.25, -0.2) is 0 Å². The molecule has 0 bridgehead atoms. The number of aromatic hydroxyl groups is 2. The van der Waals surface area contributed by atoms with Crippen molar-refractivity contribution in [2.24, 2.45) is 0 Å². The van der Waals surface area contributed by atoms with E-state index in [1.807, 2.05) is 60.7 Å². The van der Waals surface area contributed by atoms with Gasteiger partial charge in [-0.15, -0.1) is 0 Å². The zero-order chi connectivity index (χ0) is 17.6. The van der Waals surface area contributed by atoms with E-state index in [2.05, 4.69) is 0 Å². The van der Waals surface area contributed by atoms with Gasteiger partial charge in [0, 0.05) is 12.0 Å². The Morgan fingerprint density at radius 1 is 0.840 bits per heavy atom. The topological polar surface area (TPSA) is 49.7 Å². The minimum Gasteiger partial charge on any atom is -0.508 e. The Kier molecular flexibility index (Phi) is 5.05. The molecule has 3 rings (SSSR count). The van der Waals surface area contributed by atoms with Crippen molar-refractivity contribution in [3.8, 4) is 17.2 Å². The highest BCUT2D eigenvalue weighted by Crippen LogP contribution is 2.32. The molecule has 0 amide bonds. The lowest BCUT2D eigenvalue weighted by molar-refractivity contribution is 0.401. The Morgan fingerprint density at radius 2 is 1.52 bits per heavy atom. The lowest BCUT2D eigenvalue weighted by atomic mass is 10.0. The van der Waals surface area contributed by atoms with Gasteiger partial charge in [-0.2, -0.15) is 0 Å². The summed E-state index contributed by atoms with van der Waals surface area (Å²) in [6.45, 7) is 0. The van der Waals surface area contributed by atoms with E-state index in [1.165, 1.54) is 0 Å². The van der Waals surface area contributed by atoms with Gasteiger partial charge in [0.05, 0.1) is 7.11 Å². The van der Waals surface area contributed by atoms with E-state index >= 15 is 0 Å². The van der Waals surface area contributed by atoms with Gasteiger partial charge < -0.3 is 14.9 Å². The smallest absolute Gasteiger partial charge is 0.126 e. The third kappa shape index (κ3) is 4.21. The van der Waals surface area contributed by atoms with Crippen LogP contribution < -0.4 is 4.74 Å². The molecule has 0 aliphatic heterocycles. The molecule has 0 fully saturated rings. The second-order valence-electron chi connectivity index (χ2n) is 5.81. The van der Waals surface area contributed by atoms with Gasteiger partial charge in [0.2, 0.25) is 0 Å². The maximum atomic E-state index is 10.5. The van der Waals surface area contributed by atoms with E-state index in [0.717, 1.165) is 22.3 Å². The Labute approximate surface area is 147 Å². The summed E-state index contributed by atoms with van der Waals surface area (Å²) < 4.78 is 5.47. The van der Waals surface area contributed by atoms with Gasteiger partial charge in [0.25, 0.3) is 0 Å². The fraction of sp³-hybridized carbons (Fsp3) is 0.0909. The highest BCUT2D eigenvalue weighted by Gasteiger charge is 2.11. The normalized spacial score (nSPS) is 10.9. The monoisotopic (exact) mass is 332 g/mol. The van der Waals surface area contributed by atoms with Crippen LogP contribution in [0.15, 0.2) is 66.7 Å². The van der Waals surface area contributed by atoms with Gasteiger partial charge in [0.15, 0.2) is 0 Å². The number of phenolic OH excluding ortho intramolecular Hbond substituents is 2. The minimum absolute atomic E-state index is 0.195. The van der Waals surface area contributed by atoms with Gasteiger partial charge in [-0.05, 0) is 41.0 Å². The number of hydrogen-bond acceptors (Lipinski definition) is 3. The van der Waals surface area contributed by atoms with E-state index in [0.29, 0.717) is 12.2 Å². The average molecular weight is 332 g/mol. The molecule has 0 heterocycles. The second-order valence-corrected chi connectivity index (χ2v) is 5.81. The summed E-state index contributed by atoms with van der Waals surface area (Å²) in [7, 11) is 1.60. The van der Waals surface area contributed by atoms with Crippen LogP contribution in [0.25, 0.3) is 12.2 Å². The van der Waals surface area contributed by atoms with Gasteiger partial charge in [-0.3, -0.25) is 0 Å². The van der Waals surface area contributed by atoms with Crippen molar-refractivity contribution in [3.63, 3.8) is 0 Å². The molecule has 3 aromatic rings. The Morgan fingerprint density at radius 3 is 2.20 bits per heavy atom. The van der Waals surface area contributed by atoms with Crippen LogP contribution in [0.2, 0.25) is 0 Å². The van der Waals surface area contributed by atoms with Crippen molar-refractivity contribution in [2.75, 3.05) is 7.11 Å². The molecule has 126 valence electrons. The molecule has 0 aliphatic carbocycles. The molecule has 0 atom stereocenters. The van der Waals surface area contributed by atoms with Crippen molar-refractivity contribution >= 4 is 12.2 Å². The molecule has 3 aromatic carbocycles. The number of ether oxygens (including phenoxy) is 1. The molecule has 0 saturated carbocycles. The first kappa shape index (κ1) is 16.7. The predicted octanol–water partition coefficient (Wildman–Crippen LogP) is 4.87. The summed E-state index contributed by atoms with van der Waals surface area (Å²) in [4.78, 5) is 0. The number of hydrogen-bond donors (Lipinski definition) is 2. The van der Waals surface area contributed by atoms with Crippen LogP contribution in [0, 0.1) is 0 Å². The maximum absolute atomic E-state index is 10.5. The lowest BCUT2D eigenvalue weighted by Crippen LogP contribution is -1.95. The zero-order valence-corrected chi connectivity index (χ0v) is 14.0. The maximum Gasteiger partial charge on any atom is 0.126 e. The molecule has 2 N–H and O–H groups in total. The molecule has 25 heavy (non-hydrogen) atoms. The molecule has 3 nitrogen and oxygen atoms in total. The molecular weight excluding hydrogens is 312 g/mol. The van der Waals surface area contributed by atoms with Crippen LogP contribution in [0.5, 0.6) is 17.2 Å². The Bertz CT molecular complexity index is 866. The summed E-state index contributed by atoms with van der Waals surface area (Å²) in [6.07, 6.45) is 4.47. The van der Waals surface area contributed by atoms with Crippen LogP contribution in [-0.4, -0.2) is 17.3 Å². The Hall–Kier alpha value is -3.20. The average Bonchev–Trinajstić information content (AvgIpc) is 2.64. The summed E-state index contributed by atoms with van der Waals surface area (Å²) in [5, 5.41) is 19.8. The van der Waals surface area contributed by atoms with Crippen molar-refractivity contribution in [1.82, 2.24) is 0 Å². The van der Waals surface area contributed by atoms with Crippen LogP contribution in [-0.2, 0) is 6.42 Å². The van der Waals surface area contributed by atoms with E-state index in [1.54, 1.807) is 25.3 Å². The predicted molar refractivity (Wildman–Crippen MR) is 101 cm³/mol. The fourth-order valence-corrected chi connectivity index (χ4v) is 2.68. The van der Waals surface area contributed by atoms with Gasteiger partial charge in [-0.1, -0.05) is 54.6 Å². The van der Waals surface area contributed by atoms with Crippen molar-refractivity contribution in [2.45, 2.75) is 6.42 Å². The first-order valence-electron chi connectivity index (χ1n) is 8.06. The quantitative estimate of drug-likeness (QED) is 0.656. The third-order valence-electron chi connectivity index (χ3n) is 4.01. The van der Waals surface area contributed by atoms with E-state index in [9.17, 15) is 10.2 Å². The molecule has 0 radical (unpaired) electrons. The highest BCUT2D eigenvalue weighted by atomic mass is 16.5. The molecule has 3 heteroatoms. The SMILES string of the molecule is COc1cc(C=Cc2ccccc2)cc(O)c1Cc1ccc(O)cc1. The standard InChI is InChI=1S/C22H20O3/c1-25-22-15-18(8-7-16-5-3-2-4-6-16)14-21(24)20(22)13-17-9-11-19(23)12-10-17/h2-12,14-15,23-24H,13H2,1H3. The summed E-state index contributed by atoms with van der Waals surface area (Å²) >= 11 is 0. The first-order valence-corrected chi connectivity index (χ1v) is 8.06. The van der Waals surface area contributed by atoms with Crippen molar-refractivity contribution < 1.29 is 14.9 Å². The van der Waals surface area contributed by atoms with Crippen LogP contribution in [0.4, 0.5) is 0 Å². The van der Waals surface area contributed by atoms with Crippen molar-refractivity contribution in [3.05, 3.63) is 89.0 Å². The number of phenols is 2. The van der Waals surface area contributed by atoms with E-state index in [-0.39, 0.29) is 11.5 Å². The molecule has 0 saturated heterocycles. The lowest BCUT2D eigenvalue weighted by Gasteiger charge is -2.12. The highest BCUT2D eigenvalue weighted by molar-refractivity contribution is 5.71. The minimum atomic E-state index is 0.195. The Balaban J connectivity index is 1.88. The molecule has 0 aliphatic rings. The van der Waals surface area contributed by atoms with Crippen molar-refractivity contribution in [1.29, 1.82) is 0 Å². The largest absolute Gasteiger partial charge is 0.508 e.